The molecule has 0 fully saturated rings. The Labute approximate surface area is 205 Å². The minimum Gasteiger partial charge on any atom is -0.508 e. The number of hydrogen-bond acceptors (Lipinski definition) is 6. The Kier molecular flexibility index (Phi) is 4.51. The van der Waals surface area contributed by atoms with E-state index in [4.69, 9.17) is 9.41 Å². The molecule has 3 aromatic carbocycles. The molecule has 0 saturated heterocycles. The molecule has 4 aromatic rings. The Morgan fingerprint density at radius 1 is 0.943 bits per heavy atom. The van der Waals surface area contributed by atoms with Gasteiger partial charge in [0.2, 0.25) is 0 Å². The van der Waals surface area contributed by atoms with Gasteiger partial charge in [-0.05, 0) is 53.8 Å². The number of fused-ring (bicyclic) bond motifs is 4. The second-order valence-electron chi connectivity index (χ2n) is 8.90. The molecule has 6 heteroatoms. The van der Waals surface area contributed by atoms with E-state index in [1.807, 2.05) is 47.9 Å². The Bertz CT molecular complexity index is 1660. The summed E-state index contributed by atoms with van der Waals surface area (Å²) in [5.41, 5.74) is 7.27. The van der Waals surface area contributed by atoms with Gasteiger partial charge in [-0.3, -0.25) is 0 Å². The van der Waals surface area contributed by atoms with Crippen molar-refractivity contribution in [2.24, 2.45) is 4.99 Å². The number of para-hydroxylation sites is 1. The van der Waals surface area contributed by atoms with E-state index in [1.165, 1.54) is 28.5 Å². The van der Waals surface area contributed by atoms with Crippen LogP contribution >= 0.6 is 11.8 Å². The fraction of sp³-hybridized carbons (Fsp3) is 0.103. The summed E-state index contributed by atoms with van der Waals surface area (Å²) < 4.78 is 5.68. The highest BCUT2D eigenvalue weighted by Gasteiger charge is 2.41. The van der Waals surface area contributed by atoms with Crippen LogP contribution in [0, 0.1) is 0 Å². The van der Waals surface area contributed by atoms with Crippen molar-refractivity contribution in [3.63, 3.8) is 0 Å². The predicted octanol–water partition coefficient (Wildman–Crippen LogP) is 6.31. The van der Waals surface area contributed by atoms with Crippen LogP contribution in [0.5, 0.6) is 5.75 Å². The molecular formula is C29H20N2O3S. The summed E-state index contributed by atoms with van der Waals surface area (Å²) in [5.74, 6) is 0.225. The number of rotatable bonds is 2. The Morgan fingerprint density at radius 3 is 2.63 bits per heavy atom. The highest BCUT2D eigenvalue weighted by Crippen LogP contribution is 2.51. The van der Waals surface area contributed by atoms with Crippen LogP contribution in [0.3, 0.4) is 0 Å². The van der Waals surface area contributed by atoms with Gasteiger partial charge in [0.1, 0.15) is 11.3 Å². The molecule has 3 aliphatic rings. The second kappa shape index (κ2) is 7.75. The number of nitrogens with zero attached hydrogens (tertiary/aromatic N) is 2. The smallest absolute Gasteiger partial charge is 0.345 e. The molecule has 1 aliphatic carbocycles. The zero-order chi connectivity index (χ0) is 23.5. The minimum absolute atomic E-state index is 0.140. The fourth-order valence-electron chi connectivity index (χ4n) is 5.28. The largest absolute Gasteiger partial charge is 0.508 e. The SMILES string of the molecule is O=c1oc2ccccc2cc1C1=CSC2=NC3=C(CCc4ccccc43)C(c3ccc(O)cc3)N12. The highest BCUT2D eigenvalue weighted by molar-refractivity contribution is 8.16. The van der Waals surface area contributed by atoms with Crippen molar-refractivity contribution in [3.05, 3.63) is 123 Å². The number of aliphatic imine (C=N–C) groups is 1. The molecule has 1 aromatic heterocycles. The summed E-state index contributed by atoms with van der Waals surface area (Å²) in [7, 11) is 0. The number of phenolic OH excluding ortho intramolecular Hbond substituents is 1. The molecule has 1 atom stereocenters. The molecule has 35 heavy (non-hydrogen) atoms. The summed E-state index contributed by atoms with van der Waals surface area (Å²) in [4.78, 5) is 20.4. The van der Waals surface area contributed by atoms with E-state index in [1.54, 1.807) is 12.1 Å². The van der Waals surface area contributed by atoms with E-state index in [-0.39, 0.29) is 17.4 Å². The van der Waals surface area contributed by atoms with Crippen molar-refractivity contribution in [1.29, 1.82) is 0 Å². The lowest BCUT2D eigenvalue weighted by molar-refractivity contribution is 0.462. The van der Waals surface area contributed by atoms with Crippen molar-refractivity contribution in [2.75, 3.05) is 0 Å². The fourth-order valence-corrected chi connectivity index (χ4v) is 6.19. The summed E-state index contributed by atoms with van der Waals surface area (Å²) in [6, 6.07) is 25.1. The van der Waals surface area contributed by atoms with E-state index in [9.17, 15) is 9.90 Å². The third-order valence-corrected chi connectivity index (χ3v) is 7.74. The highest BCUT2D eigenvalue weighted by atomic mass is 32.2. The molecule has 7 rings (SSSR count). The second-order valence-corrected chi connectivity index (χ2v) is 9.73. The topological polar surface area (TPSA) is 66.0 Å². The van der Waals surface area contributed by atoms with Crippen LogP contribution in [0.4, 0.5) is 0 Å². The van der Waals surface area contributed by atoms with Gasteiger partial charge < -0.3 is 14.4 Å². The maximum Gasteiger partial charge on any atom is 0.345 e. The number of benzene rings is 3. The van der Waals surface area contributed by atoms with Crippen LogP contribution in [0.1, 0.15) is 34.7 Å². The molecule has 1 unspecified atom stereocenters. The van der Waals surface area contributed by atoms with Crippen LogP contribution in [0.2, 0.25) is 0 Å². The zero-order valence-electron chi connectivity index (χ0n) is 18.6. The molecule has 170 valence electrons. The lowest BCUT2D eigenvalue weighted by Gasteiger charge is -2.39. The molecule has 0 spiro atoms. The maximum atomic E-state index is 13.1. The monoisotopic (exact) mass is 476 g/mol. The first-order chi connectivity index (χ1) is 17.2. The number of aryl methyl sites for hydroxylation is 1. The van der Waals surface area contributed by atoms with Crippen molar-refractivity contribution in [2.45, 2.75) is 18.9 Å². The molecular weight excluding hydrogens is 456 g/mol. The average Bonchev–Trinajstić information content (AvgIpc) is 3.31. The van der Waals surface area contributed by atoms with E-state index in [0.29, 0.717) is 11.1 Å². The van der Waals surface area contributed by atoms with E-state index < -0.39 is 0 Å². The summed E-state index contributed by atoms with van der Waals surface area (Å²) in [5, 5.41) is 13.7. The maximum absolute atomic E-state index is 13.1. The number of hydrogen-bond donors (Lipinski definition) is 1. The van der Waals surface area contributed by atoms with E-state index in [2.05, 4.69) is 29.2 Å². The van der Waals surface area contributed by atoms with Crippen LogP contribution in [-0.4, -0.2) is 15.2 Å². The lowest BCUT2D eigenvalue weighted by atomic mass is 9.82. The number of aromatic hydroxyl groups is 1. The van der Waals surface area contributed by atoms with Gasteiger partial charge in [-0.1, -0.05) is 66.4 Å². The summed E-state index contributed by atoms with van der Waals surface area (Å²) in [6.45, 7) is 0. The number of amidine groups is 1. The Balaban J connectivity index is 1.43. The average molecular weight is 477 g/mol. The van der Waals surface area contributed by atoms with Gasteiger partial charge in [0.05, 0.1) is 23.0 Å². The third-order valence-electron chi connectivity index (χ3n) is 6.90. The van der Waals surface area contributed by atoms with Gasteiger partial charge in [-0.2, -0.15) is 0 Å². The Morgan fingerprint density at radius 2 is 1.74 bits per heavy atom. The molecule has 0 amide bonds. The molecule has 5 nitrogen and oxygen atoms in total. The Hall–Kier alpha value is -4.03. The van der Waals surface area contributed by atoms with Crippen LogP contribution in [0.15, 0.2) is 104 Å². The van der Waals surface area contributed by atoms with Crippen LogP contribution in [0.25, 0.3) is 22.4 Å². The first kappa shape index (κ1) is 20.4. The van der Waals surface area contributed by atoms with Crippen molar-refractivity contribution in [1.82, 2.24) is 4.90 Å². The molecule has 3 heterocycles. The molecule has 2 aliphatic heterocycles. The van der Waals surface area contributed by atoms with Gasteiger partial charge in [0.25, 0.3) is 0 Å². The number of thioether (sulfide) groups is 1. The first-order valence-corrected chi connectivity index (χ1v) is 12.4. The van der Waals surface area contributed by atoms with E-state index >= 15 is 0 Å². The van der Waals surface area contributed by atoms with Crippen LogP contribution < -0.4 is 5.63 Å². The minimum atomic E-state index is -0.366. The lowest BCUT2D eigenvalue weighted by Crippen LogP contribution is -2.35. The van der Waals surface area contributed by atoms with Gasteiger partial charge >= 0.3 is 5.63 Å². The van der Waals surface area contributed by atoms with Crippen molar-refractivity contribution < 1.29 is 9.52 Å². The van der Waals surface area contributed by atoms with Gasteiger partial charge in [0, 0.05) is 16.4 Å². The predicted molar refractivity (Wildman–Crippen MR) is 140 cm³/mol. The molecule has 0 saturated carbocycles. The van der Waals surface area contributed by atoms with E-state index in [0.717, 1.165) is 40.4 Å². The normalized spacial score (nSPS) is 18.6. The standard InChI is InChI=1S/C29H20N2O3S/c32-20-12-9-18(10-13-20)27-22-14-11-17-5-1-3-7-21(17)26(22)30-29-31(27)24(16-35-29)23-15-19-6-2-4-8-25(19)34-28(23)33/h1-10,12-13,15-16,27,32H,11,14H2. The quantitative estimate of drug-likeness (QED) is 0.343. The molecule has 0 bridgehead atoms. The van der Waals surface area contributed by atoms with Crippen LogP contribution in [-0.2, 0) is 6.42 Å². The van der Waals surface area contributed by atoms with Gasteiger partial charge in [0.15, 0.2) is 5.17 Å². The zero-order valence-corrected chi connectivity index (χ0v) is 19.5. The van der Waals surface area contributed by atoms with Crippen molar-refractivity contribution >= 4 is 39.3 Å². The third kappa shape index (κ3) is 3.17. The first-order valence-electron chi connectivity index (χ1n) is 11.6. The summed E-state index contributed by atoms with van der Waals surface area (Å²) in [6.07, 6.45) is 1.81. The number of phenols is 1. The summed E-state index contributed by atoms with van der Waals surface area (Å²) >= 11 is 1.53. The molecule has 0 radical (unpaired) electrons. The van der Waals surface area contributed by atoms with Gasteiger partial charge in [-0.15, -0.1) is 0 Å². The van der Waals surface area contributed by atoms with Gasteiger partial charge in [-0.25, -0.2) is 9.79 Å². The van der Waals surface area contributed by atoms with Crippen molar-refractivity contribution in [3.8, 4) is 5.75 Å². The molecule has 1 N–H and O–H groups in total.